The summed E-state index contributed by atoms with van der Waals surface area (Å²) in [5, 5.41) is 5.97. The molecule has 1 aliphatic rings. The van der Waals surface area contributed by atoms with Gasteiger partial charge in [0.2, 0.25) is 0 Å². The van der Waals surface area contributed by atoms with Gasteiger partial charge in [-0.05, 0) is 50.7 Å². The van der Waals surface area contributed by atoms with Crippen LogP contribution in [-0.2, 0) is 0 Å². The number of aromatic nitrogens is 3. The zero-order valence-corrected chi connectivity index (χ0v) is 31.4. The molecule has 8 aromatic carbocycles. The summed E-state index contributed by atoms with van der Waals surface area (Å²) in [6.07, 6.45) is -0.296. The Bertz CT molecular complexity index is 2870. The third-order valence-corrected chi connectivity index (χ3v) is 10.4. The van der Waals surface area contributed by atoms with Gasteiger partial charge in [0.1, 0.15) is 12.0 Å². The van der Waals surface area contributed by atoms with Crippen LogP contribution in [0.3, 0.4) is 0 Å². The van der Waals surface area contributed by atoms with Gasteiger partial charge in [0, 0.05) is 27.8 Å². The lowest BCUT2D eigenvalue weighted by Gasteiger charge is -2.24. The second kappa shape index (κ2) is 15.4. The Kier molecular flexibility index (Phi) is 9.18. The van der Waals surface area contributed by atoms with E-state index in [1.54, 1.807) is 0 Å². The highest BCUT2D eigenvalue weighted by atomic mass is 15.2. The molecular weight excluding hydrogens is 709 g/mol. The second-order valence-electron chi connectivity index (χ2n) is 14.2. The second-order valence-corrected chi connectivity index (χ2v) is 14.2. The molecule has 0 saturated carbocycles. The van der Waals surface area contributed by atoms with Crippen molar-refractivity contribution in [3.8, 4) is 56.4 Å². The van der Waals surface area contributed by atoms with Crippen molar-refractivity contribution < 1.29 is 0 Å². The van der Waals surface area contributed by atoms with Crippen LogP contribution in [0.2, 0.25) is 0 Å². The summed E-state index contributed by atoms with van der Waals surface area (Å²) >= 11 is 0. The van der Waals surface area contributed by atoms with Gasteiger partial charge in [-0.3, -0.25) is 0 Å². The normalized spacial score (nSPS) is 13.7. The Morgan fingerprint density at radius 1 is 0.362 bits per heavy atom. The number of amidine groups is 2. The summed E-state index contributed by atoms with van der Waals surface area (Å²) in [5.41, 5.74) is 10.4. The zero-order chi connectivity index (χ0) is 38.7. The van der Waals surface area contributed by atoms with Gasteiger partial charge in [0.25, 0.3) is 0 Å². The van der Waals surface area contributed by atoms with Gasteiger partial charge in [0.15, 0.2) is 23.3 Å². The van der Waals surface area contributed by atoms with Crippen molar-refractivity contribution in [3.63, 3.8) is 0 Å². The minimum Gasteiger partial charge on any atom is -0.344 e. The summed E-state index contributed by atoms with van der Waals surface area (Å²) in [5.74, 6) is 3.43. The molecule has 0 aliphatic carbocycles. The van der Waals surface area contributed by atoms with Crippen LogP contribution < -0.4 is 5.32 Å². The maximum atomic E-state index is 5.08. The van der Waals surface area contributed by atoms with Crippen LogP contribution in [-0.4, -0.2) is 26.6 Å². The molecule has 0 bridgehead atoms. The smallest absolute Gasteiger partial charge is 0.164 e. The lowest BCUT2D eigenvalue weighted by molar-refractivity contribution is 0.674. The minimum atomic E-state index is -0.296. The number of hydrogen-bond acceptors (Lipinski definition) is 6. The van der Waals surface area contributed by atoms with Gasteiger partial charge in [0.05, 0.1) is 0 Å². The van der Waals surface area contributed by atoms with Gasteiger partial charge in [-0.15, -0.1) is 0 Å². The van der Waals surface area contributed by atoms with E-state index in [4.69, 9.17) is 24.9 Å². The van der Waals surface area contributed by atoms with Gasteiger partial charge >= 0.3 is 0 Å². The van der Waals surface area contributed by atoms with Crippen LogP contribution in [0.5, 0.6) is 0 Å². The van der Waals surface area contributed by atoms with E-state index in [9.17, 15) is 0 Å². The van der Waals surface area contributed by atoms with Crippen LogP contribution >= 0.6 is 0 Å². The Balaban J connectivity index is 0.984. The minimum absolute atomic E-state index is 0.296. The Morgan fingerprint density at radius 2 is 0.828 bits per heavy atom. The van der Waals surface area contributed by atoms with Crippen LogP contribution in [0, 0.1) is 0 Å². The summed E-state index contributed by atoms with van der Waals surface area (Å²) in [6.45, 7) is 0. The average Bonchev–Trinajstić information content (AvgIpc) is 3.32. The third kappa shape index (κ3) is 7.06. The molecule has 9 aromatic rings. The standard InChI is InChI=1S/C52H36N6/c1-5-15-37(16-6-1)47-53-48(38-17-7-2-8-18-38)56-51(55-47)41-29-25-35(26-30-41)44-33-43-23-13-14-24-45(43)46(34-44)36-27-31-42(32-28-36)52-57-49(39-19-9-3-10-20-39)54-50(58-52)40-21-11-4-12-22-40/h1-34,52H,(H,54,57,58). The van der Waals surface area contributed by atoms with Crippen molar-refractivity contribution in [2.24, 2.45) is 9.98 Å². The summed E-state index contributed by atoms with van der Waals surface area (Å²) < 4.78 is 0. The van der Waals surface area contributed by atoms with E-state index >= 15 is 0 Å². The van der Waals surface area contributed by atoms with Gasteiger partial charge < -0.3 is 5.32 Å². The van der Waals surface area contributed by atoms with Crippen molar-refractivity contribution in [1.29, 1.82) is 0 Å². The number of nitrogens with zero attached hydrogens (tertiary/aromatic N) is 5. The lowest BCUT2D eigenvalue weighted by atomic mass is 9.92. The summed E-state index contributed by atoms with van der Waals surface area (Å²) in [4.78, 5) is 24.7. The summed E-state index contributed by atoms with van der Waals surface area (Å²) in [6, 6.07) is 70.9. The first-order valence-electron chi connectivity index (χ1n) is 19.4. The van der Waals surface area contributed by atoms with E-state index in [1.165, 1.54) is 10.8 Å². The number of hydrogen-bond donors (Lipinski definition) is 1. The molecule has 1 aromatic heterocycles. The number of aliphatic imine (C=N–C) groups is 2. The quantitative estimate of drug-likeness (QED) is 0.168. The molecule has 0 amide bonds. The molecule has 58 heavy (non-hydrogen) atoms. The van der Waals surface area contributed by atoms with Crippen LogP contribution in [0.4, 0.5) is 0 Å². The fourth-order valence-corrected chi connectivity index (χ4v) is 7.39. The van der Waals surface area contributed by atoms with Crippen molar-refractivity contribution in [2.75, 3.05) is 0 Å². The first-order chi connectivity index (χ1) is 28.7. The molecule has 6 nitrogen and oxygen atoms in total. The molecule has 1 atom stereocenters. The predicted octanol–water partition coefficient (Wildman–Crippen LogP) is 11.9. The monoisotopic (exact) mass is 744 g/mol. The van der Waals surface area contributed by atoms with Gasteiger partial charge in [-0.1, -0.05) is 194 Å². The van der Waals surface area contributed by atoms with Crippen molar-refractivity contribution in [2.45, 2.75) is 6.17 Å². The topological polar surface area (TPSA) is 75.4 Å². The molecule has 10 rings (SSSR count). The van der Waals surface area contributed by atoms with E-state index in [2.05, 4.69) is 115 Å². The Morgan fingerprint density at radius 3 is 1.41 bits per heavy atom. The fourth-order valence-electron chi connectivity index (χ4n) is 7.39. The van der Waals surface area contributed by atoms with Gasteiger partial charge in [-0.2, -0.15) is 0 Å². The van der Waals surface area contributed by atoms with E-state index in [1.807, 2.05) is 97.1 Å². The highest BCUT2D eigenvalue weighted by Gasteiger charge is 2.21. The molecular formula is C52H36N6. The molecule has 1 unspecified atom stereocenters. The molecule has 0 fully saturated rings. The average molecular weight is 745 g/mol. The molecule has 0 radical (unpaired) electrons. The maximum Gasteiger partial charge on any atom is 0.164 e. The van der Waals surface area contributed by atoms with Crippen molar-refractivity contribution in [3.05, 3.63) is 223 Å². The summed E-state index contributed by atoms with van der Waals surface area (Å²) in [7, 11) is 0. The molecule has 1 N–H and O–H groups in total. The third-order valence-electron chi connectivity index (χ3n) is 10.4. The van der Waals surface area contributed by atoms with Crippen molar-refractivity contribution in [1.82, 2.24) is 20.3 Å². The number of nitrogens with one attached hydrogen (secondary N) is 1. The van der Waals surface area contributed by atoms with Crippen LogP contribution in [0.15, 0.2) is 216 Å². The predicted molar refractivity (Wildman–Crippen MR) is 236 cm³/mol. The first kappa shape index (κ1) is 34.6. The fraction of sp³-hybridized carbons (Fsp3) is 0.0192. The maximum absolute atomic E-state index is 5.08. The van der Waals surface area contributed by atoms with Crippen LogP contribution in [0.1, 0.15) is 22.9 Å². The SMILES string of the molecule is c1ccc(C2=NC(c3ccc(-c4cc(-c5ccc(-c6nc(-c7ccccc7)nc(-c7ccccc7)n6)cc5)cc5ccccc45)cc3)NC(c3ccccc3)=N2)cc1. The van der Waals surface area contributed by atoms with E-state index in [-0.39, 0.29) is 6.17 Å². The highest BCUT2D eigenvalue weighted by molar-refractivity contribution is 6.13. The molecule has 1 aliphatic heterocycles. The van der Waals surface area contributed by atoms with Crippen LogP contribution in [0.25, 0.3) is 67.2 Å². The number of benzene rings is 8. The molecule has 0 saturated heterocycles. The molecule has 2 heterocycles. The first-order valence-corrected chi connectivity index (χ1v) is 19.4. The molecule has 0 spiro atoms. The van der Waals surface area contributed by atoms with E-state index in [0.717, 1.165) is 61.5 Å². The highest BCUT2D eigenvalue weighted by Crippen LogP contribution is 2.36. The Labute approximate surface area is 337 Å². The number of fused-ring (bicyclic) bond motifs is 1. The zero-order valence-electron chi connectivity index (χ0n) is 31.4. The largest absolute Gasteiger partial charge is 0.344 e. The van der Waals surface area contributed by atoms with Gasteiger partial charge in [-0.25, -0.2) is 24.9 Å². The lowest BCUT2D eigenvalue weighted by Crippen LogP contribution is -2.33. The Hall–Kier alpha value is -7.83. The van der Waals surface area contributed by atoms with Crippen molar-refractivity contribution >= 4 is 22.4 Å². The van der Waals surface area contributed by atoms with E-state index in [0.29, 0.717) is 23.3 Å². The number of rotatable bonds is 8. The van der Waals surface area contributed by atoms with E-state index < -0.39 is 0 Å². The molecule has 274 valence electrons. The molecule has 6 heteroatoms.